The minimum atomic E-state index is -0.0898. The molecule has 0 spiro atoms. The summed E-state index contributed by atoms with van der Waals surface area (Å²) in [4.78, 5) is 15.0. The number of hydrogen-bond donors (Lipinski definition) is 1. The zero-order valence-corrected chi connectivity index (χ0v) is 18.7. The Morgan fingerprint density at radius 1 is 1.20 bits per heavy atom. The second-order valence-corrected chi connectivity index (χ2v) is 9.03. The van der Waals surface area contributed by atoms with Gasteiger partial charge in [-0.3, -0.25) is 9.69 Å². The SMILES string of the molecule is O=C1/C(=C/c2cccc(-c3ccc(Cl)cc3Cl)c2)SC(=S)N1CCCc1nn[nH]n1. The fourth-order valence-electron chi connectivity index (χ4n) is 3.05. The van der Waals surface area contributed by atoms with Crippen LogP contribution in [0, 0.1) is 0 Å². The molecule has 0 saturated carbocycles. The number of nitrogens with zero attached hydrogens (tertiary/aromatic N) is 4. The Balaban J connectivity index is 1.49. The Hall–Kier alpha value is -2.26. The van der Waals surface area contributed by atoms with Crippen molar-refractivity contribution in [1.82, 2.24) is 25.5 Å². The summed E-state index contributed by atoms with van der Waals surface area (Å²) in [5.41, 5.74) is 2.72. The number of rotatable bonds is 6. The molecule has 3 aromatic rings. The van der Waals surface area contributed by atoms with Crippen LogP contribution in [-0.2, 0) is 11.2 Å². The lowest BCUT2D eigenvalue weighted by Crippen LogP contribution is -2.29. The molecule has 1 aliphatic heterocycles. The fourth-order valence-corrected chi connectivity index (χ4v) is 4.87. The second kappa shape index (κ2) is 9.26. The van der Waals surface area contributed by atoms with Crippen LogP contribution in [0.2, 0.25) is 10.0 Å². The molecular formula is C20H15Cl2N5OS2. The number of aromatic nitrogens is 4. The number of aryl methyl sites for hydroxylation is 1. The van der Waals surface area contributed by atoms with Crippen molar-refractivity contribution in [2.24, 2.45) is 0 Å². The van der Waals surface area contributed by atoms with E-state index in [1.54, 1.807) is 17.0 Å². The number of thiocarbonyl (C=S) groups is 1. The van der Waals surface area contributed by atoms with E-state index in [1.165, 1.54) is 11.8 Å². The zero-order chi connectivity index (χ0) is 21.1. The van der Waals surface area contributed by atoms with Gasteiger partial charge in [0.15, 0.2) is 5.82 Å². The second-order valence-electron chi connectivity index (χ2n) is 6.51. The molecule has 0 unspecified atom stereocenters. The number of thioether (sulfide) groups is 1. The highest BCUT2D eigenvalue weighted by atomic mass is 35.5. The van der Waals surface area contributed by atoms with Gasteiger partial charge in [0.05, 0.1) is 4.91 Å². The molecule has 1 aliphatic rings. The first-order valence-corrected chi connectivity index (χ1v) is 11.0. The molecule has 1 saturated heterocycles. The summed E-state index contributed by atoms with van der Waals surface area (Å²) in [6.07, 6.45) is 3.17. The van der Waals surface area contributed by atoms with E-state index in [1.807, 2.05) is 36.4 Å². The quantitative estimate of drug-likeness (QED) is 0.398. The van der Waals surface area contributed by atoms with Crippen molar-refractivity contribution in [1.29, 1.82) is 0 Å². The van der Waals surface area contributed by atoms with Crippen molar-refractivity contribution in [3.63, 3.8) is 0 Å². The number of halogens is 2. The molecule has 0 atom stereocenters. The Labute approximate surface area is 192 Å². The third-order valence-electron chi connectivity index (χ3n) is 4.47. The van der Waals surface area contributed by atoms with E-state index in [2.05, 4.69) is 20.6 Å². The summed E-state index contributed by atoms with van der Waals surface area (Å²) >= 11 is 19.0. The summed E-state index contributed by atoms with van der Waals surface area (Å²) in [5.74, 6) is 0.529. The average Bonchev–Trinajstić information content (AvgIpc) is 3.32. The number of tetrazole rings is 1. The van der Waals surface area contributed by atoms with Crippen LogP contribution < -0.4 is 0 Å². The van der Waals surface area contributed by atoms with Gasteiger partial charge in [0.1, 0.15) is 4.32 Å². The lowest BCUT2D eigenvalue weighted by atomic mass is 10.0. The van der Waals surface area contributed by atoms with Gasteiger partial charge in [0.2, 0.25) is 0 Å². The van der Waals surface area contributed by atoms with Gasteiger partial charge >= 0.3 is 0 Å². The number of carbonyl (C=O) groups is 1. The summed E-state index contributed by atoms with van der Waals surface area (Å²) in [5, 5.41) is 14.9. The highest BCUT2D eigenvalue weighted by Gasteiger charge is 2.31. The number of amides is 1. The first-order chi connectivity index (χ1) is 14.5. The number of benzene rings is 2. The number of hydrogen-bond acceptors (Lipinski definition) is 6. The molecule has 1 aromatic heterocycles. The Kier molecular flexibility index (Phi) is 6.48. The van der Waals surface area contributed by atoms with Crippen LogP contribution in [0.5, 0.6) is 0 Å². The molecule has 4 rings (SSSR count). The van der Waals surface area contributed by atoms with Gasteiger partial charge in [-0.05, 0) is 41.8 Å². The number of nitrogens with one attached hydrogen (secondary N) is 1. The van der Waals surface area contributed by atoms with E-state index in [0.29, 0.717) is 44.5 Å². The first-order valence-electron chi connectivity index (χ1n) is 9.04. The molecular weight excluding hydrogens is 461 g/mol. The zero-order valence-electron chi connectivity index (χ0n) is 15.5. The summed E-state index contributed by atoms with van der Waals surface area (Å²) in [6, 6.07) is 13.2. The Morgan fingerprint density at radius 2 is 2.07 bits per heavy atom. The van der Waals surface area contributed by atoms with Gasteiger partial charge in [0.25, 0.3) is 5.91 Å². The van der Waals surface area contributed by atoms with E-state index in [0.717, 1.165) is 16.7 Å². The lowest BCUT2D eigenvalue weighted by Gasteiger charge is -2.13. The molecule has 0 bridgehead atoms. The molecule has 2 heterocycles. The van der Waals surface area contributed by atoms with Crippen LogP contribution in [0.3, 0.4) is 0 Å². The van der Waals surface area contributed by atoms with Crippen molar-refractivity contribution >= 4 is 63.5 Å². The molecule has 152 valence electrons. The van der Waals surface area contributed by atoms with Crippen LogP contribution in [0.25, 0.3) is 17.2 Å². The maximum absolute atomic E-state index is 12.8. The van der Waals surface area contributed by atoms with E-state index < -0.39 is 0 Å². The van der Waals surface area contributed by atoms with Gasteiger partial charge in [-0.1, -0.05) is 76.7 Å². The molecule has 1 amide bonds. The van der Waals surface area contributed by atoms with Crippen LogP contribution in [-0.4, -0.2) is 42.3 Å². The van der Waals surface area contributed by atoms with Crippen LogP contribution in [0.1, 0.15) is 17.8 Å². The normalized spacial score (nSPS) is 15.4. The van der Waals surface area contributed by atoms with E-state index in [4.69, 9.17) is 35.4 Å². The molecule has 1 N–H and O–H groups in total. The van der Waals surface area contributed by atoms with Gasteiger partial charge in [-0.25, -0.2) is 0 Å². The van der Waals surface area contributed by atoms with Crippen molar-refractivity contribution in [3.8, 4) is 11.1 Å². The maximum atomic E-state index is 12.8. The highest BCUT2D eigenvalue weighted by Crippen LogP contribution is 2.34. The van der Waals surface area contributed by atoms with Crippen molar-refractivity contribution in [2.45, 2.75) is 12.8 Å². The molecule has 30 heavy (non-hydrogen) atoms. The van der Waals surface area contributed by atoms with Gasteiger partial charge in [0, 0.05) is 28.6 Å². The van der Waals surface area contributed by atoms with Crippen LogP contribution in [0.15, 0.2) is 47.4 Å². The largest absolute Gasteiger partial charge is 0.293 e. The van der Waals surface area contributed by atoms with Crippen molar-refractivity contribution in [3.05, 3.63) is 68.8 Å². The van der Waals surface area contributed by atoms with Crippen molar-refractivity contribution < 1.29 is 4.79 Å². The van der Waals surface area contributed by atoms with E-state index in [-0.39, 0.29) is 5.91 Å². The molecule has 10 heteroatoms. The van der Waals surface area contributed by atoms with E-state index in [9.17, 15) is 4.79 Å². The van der Waals surface area contributed by atoms with Gasteiger partial charge in [-0.15, -0.1) is 10.2 Å². The molecule has 0 aliphatic carbocycles. The number of carbonyl (C=O) groups excluding carboxylic acids is 1. The molecule has 2 aromatic carbocycles. The third kappa shape index (κ3) is 4.73. The Morgan fingerprint density at radius 3 is 2.83 bits per heavy atom. The summed E-state index contributed by atoms with van der Waals surface area (Å²) in [7, 11) is 0. The minimum absolute atomic E-state index is 0.0898. The smallest absolute Gasteiger partial charge is 0.266 e. The molecule has 0 radical (unpaired) electrons. The summed E-state index contributed by atoms with van der Waals surface area (Å²) < 4.78 is 0.552. The standard InChI is InChI=1S/C20H15Cl2N5OS2/c21-14-6-7-15(16(22)11-14)13-4-1-3-12(9-13)10-17-19(28)27(20(29)30-17)8-2-5-18-23-25-26-24-18/h1,3-4,6-7,9-11H,2,5,8H2,(H,23,24,25,26)/b17-10-. The summed E-state index contributed by atoms with van der Waals surface area (Å²) in [6.45, 7) is 0.511. The number of aromatic amines is 1. The van der Waals surface area contributed by atoms with Crippen molar-refractivity contribution in [2.75, 3.05) is 6.54 Å². The topological polar surface area (TPSA) is 74.8 Å². The minimum Gasteiger partial charge on any atom is -0.293 e. The lowest BCUT2D eigenvalue weighted by molar-refractivity contribution is -0.122. The van der Waals surface area contributed by atoms with E-state index >= 15 is 0 Å². The molecule has 1 fully saturated rings. The first kappa shape index (κ1) is 21.0. The highest BCUT2D eigenvalue weighted by molar-refractivity contribution is 8.26. The predicted molar refractivity (Wildman–Crippen MR) is 124 cm³/mol. The predicted octanol–water partition coefficient (Wildman–Crippen LogP) is 5.01. The molecule has 6 nitrogen and oxygen atoms in total. The fraction of sp³-hybridized carbons (Fsp3) is 0.150. The van der Waals surface area contributed by atoms with Gasteiger partial charge < -0.3 is 0 Å². The Bertz CT molecular complexity index is 1130. The average molecular weight is 476 g/mol. The third-order valence-corrected chi connectivity index (χ3v) is 6.40. The van der Waals surface area contributed by atoms with Crippen LogP contribution >= 0.6 is 47.2 Å². The van der Waals surface area contributed by atoms with Crippen LogP contribution in [0.4, 0.5) is 0 Å². The maximum Gasteiger partial charge on any atom is 0.266 e. The monoisotopic (exact) mass is 475 g/mol. The number of H-pyrrole nitrogens is 1. The van der Waals surface area contributed by atoms with Gasteiger partial charge in [-0.2, -0.15) is 5.21 Å².